The van der Waals surface area contributed by atoms with Crippen LogP contribution >= 0.6 is 23.1 Å². The molecule has 1 fully saturated rings. The van der Waals surface area contributed by atoms with Crippen LogP contribution in [-0.2, 0) is 4.79 Å². The van der Waals surface area contributed by atoms with Crippen LogP contribution in [0.3, 0.4) is 0 Å². The van der Waals surface area contributed by atoms with Crippen LogP contribution in [-0.4, -0.2) is 33.1 Å². The van der Waals surface area contributed by atoms with E-state index in [9.17, 15) is 4.79 Å². The molecule has 112 valence electrons. The molecule has 2 rings (SSSR count). The van der Waals surface area contributed by atoms with E-state index in [4.69, 9.17) is 5.11 Å². The topological polar surface area (TPSA) is 75.1 Å². The Morgan fingerprint density at radius 1 is 1.40 bits per heavy atom. The highest BCUT2D eigenvalue weighted by Crippen LogP contribution is 2.31. The van der Waals surface area contributed by atoms with E-state index < -0.39 is 5.97 Å². The zero-order valence-electron chi connectivity index (χ0n) is 11.7. The molecule has 1 aliphatic rings. The number of nitrogens with zero attached hydrogens (tertiary/aromatic N) is 2. The normalized spacial score (nSPS) is 22.6. The Morgan fingerprint density at radius 2 is 2.15 bits per heavy atom. The van der Waals surface area contributed by atoms with Crippen molar-refractivity contribution in [2.75, 3.05) is 11.1 Å². The molecule has 0 aliphatic heterocycles. The van der Waals surface area contributed by atoms with Gasteiger partial charge < -0.3 is 10.4 Å². The minimum atomic E-state index is -0.825. The monoisotopic (exact) mass is 315 g/mol. The molecule has 0 saturated heterocycles. The van der Waals surface area contributed by atoms with E-state index in [1.807, 2.05) is 0 Å². The summed E-state index contributed by atoms with van der Waals surface area (Å²) < 4.78 is 0.717. The van der Waals surface area contributed by atoms with Gasteiger partial charge in [0.05, 0.1) is 5.75 Å². The van der Waals surface area contributed by atoms with Crippen molar-refractivity contribution in [3.8, 4) is 0 Å². The number of carbonyl (C=O) groups is 1. The average Bonchev–Trinajstić information content (AvgIpc) is 2.87. The Kier molecular flexibility index (Phi) is 6.09. The largest absolute Gasteiger partial charge is 0.481 e. The average molecular weight is 315 g/mol. The minimum Gasteiger partial charge on any atom is -0.481 e. The fourth-order valence-corrected chi connectivity index (χ4v) is 4.18. The first-order valence-corrected chi connectivity index (χ1v) is 8.92. The molecule has 2 N–H and O–H groups in total. The number of rotatable bonds is 7. The molecule has 0 aromatic carbocycles. The second-order valence-electron chi connectivity index (χ2n) is 5.21. The highest BCUT2D eigenvalue weighted by Gasteiger charge is 2.21. The number of thioether (sulfide) groups is 1. The fraction of sp³-hybridized carbons (Fsp3) is 0.769. The first kappa shape index (κ1) is 15.6. The van der Waals surface area contributed by atoms with Gasteiger partial charge in [0.25, 0.3) is 0 Å². The molecule has 1 heterocycles. The molecule has 5 nitrogen and oxygen atoms in total. The van der Waals surface area contributed by atoms with Crippen molar-refractivity contribution in [1.29, 1.82) is 0 Å². The summed E-state index contributed by atoms with van der Waals surface area (Å²) >= 11 is 2.67. The summed E-state index contributed by atoms with van der Waals surface area (Å²) in [5.41, 5.74) is 0. The van der Waals surface area contributed by atoms with Gasteiger partial charge in [0.2, 0.25) is 5.13 Å². The standard InChI is InChI=1S/C13H21N3O2S2/c1-2-3-9-4-6-10(7-5-9)14-12-15-16-13(20-12)19-8-11(17)18/h9-10H,2-8H2,1H3,(H,14,15)(H,17,18). The van der Waals surface area contributed by atoms with Crippen LogP contribution in [0.1, 0.15) is 45.4 Å². The van der Waals surface area contributed by atoms with Crippen LogP contribution in [0.5, 0.6) is 0 Å². The van der Waals surface area contributed by atoms with Gasteiger partial charge in [-0.15, -0.1) is 10.2 Å². The lowest BCUT2D eigenvalue weighted by Crippen LogP contribution is -2.26. The van der Waals surface area contributed by atoms with E-state index in [-0.39, 0.29) is 5.75 Å². The molecule has 1 aromatic rings. The molecular formula is C13H21N3O2S2. The predicted octanol–water partition coefficient (Wildman–Crippen LogP) is 3.49. The fourth-order valence-electron chi connectivity index (χ4n) is 2.63. The molecule has 0 bridgehead atoms. The van der Waals surface area contributed by atoms with Gasteiger partial charge in [-0.05, 0) is 31.6 Å². The van der Waals surface area contributed by atoms with E-state index >= 15 is 0 Å². The third-order valence-corrected chi connectivity index (χ3v) is 5.57. The number of anilines is 1. The second kappa shape index (κ2) is 7.83. The summed E-state index contributed by atoms with van der Waals surface area (Å²) in [6, 6.07) is 0.494. The van der Waals surface area contributed by atoms with Gasteiger partial charge in [-0.2, -0.15) is 0 Å². The summed E-state index contributed by atoms with van der Waals surface area (Å²) in [6.07, 6.45) is 7.62. The number of nitrogens with one attached hydrogen (secondary N) is 1. The zero-order valence-corrected chi connectivity index (χ0v) is 13.3. The van der Waals surface area contributed by atoms with Crippen LogP contribution < -0.4 is 5.32 Å². The van der Waals surface area contributed by atoms with Crippen LogP contribution in [0.4, 0.5) is 5.13 Å². The summed E-state index contributed by atoms with van der Waals surface area (Å²) in [6.45, 7) is 2.25. The number of carboxylic acid groups (broad SMARTS) is 1. The Bertz CT molecular complexity index is 431. The smallest absolute Gasteiger partial charge is 0.313 e. The number of hydrogen-bond donors (Lipinski definition) is 2. The summed E-state index contributed by atoms with van der Waals surface area (Å²) in [4.78, 5) is 10.5. The molecule has 0 amide bonds. The van der Waals surface area contributed by atoms with Gasteiger partial charge in [0.15, 0.2) is 4.34 Å². The quantitative estimate of drug-likeness (QED) is 0.750. The van der Waals surface area contributed by atoms with Crippen molar-refractivity contribution in [3.63, 3.8) is 0 Å². The van der Waals surface area contributed by atoms with Gasteiger partial charge in [0, 0.05) is 6.04 Å². The SMILES string of the molecule is CCCC1CCC(Nc2nnc(SCC(=O)O)s2)CC1. The van der Waals surface area contributed by atoms with Crippen molar-refractivity contribution in [2.45, 2.75) is 55.8 Å². The van der Waals surface area contributed by atoms with E-state index in [2.05, 4.69) is 22.4 Å². The lowest BCUT2D eigenvalue weighted by molar-refractivity contribution is -0.133. The third kappa shape index (κ3) is 4.94. The van der Waals surface area contributed by atoms with Gasteiger partial charge in [0.1, 0.15) is 0 Å². The molecular weight excluding hydrogens is 294 g/mol. The van der Waals surface area contributed by atoms with Crippen LogP contribution in [0.15, 0.2) is 4.34 Å². The van der Waals surface area contributed by atoms with E-state index in [0.29, 0.717) is 6.04 Å². The Morgan fingerprint density at radius 3 is 2.80 bits per heavy atom. The molecule has 1 aromatic heterocycles. The van der Waals surface area contributed by atoms with Crippen LogP contribution in [0.2, 0.25) is 0 Å². The molecule has 0 unspecified atom stereocenters. The first-order valence-electron chi connectivity index (χ1n) is 7.12. The maximum Gasteiger partial charge on any atom is 0.313 e. The van der Waals surface area contributed by atoms with Crippen molar-refractivity contribution in [1.82, 2.24) is 10.2 Å². The predicted molar refractivity (Wildman–Crippen MR) is 82.5 cm³/mol. The van der Waals surface area contributed by atoms with Crippen LogP contribution in [0.25, 0.3) is 0 Å². The summed E-state index contributed by atoms with van der Waals surface area (Å²) in [5.74, 6) is 0.111. The maximum absolute atomic E-state index is 10.5. The van der Waals surface area contributed by atoms with Gasteiger partial charge in [-0.25, -0.2) is 0 Å². The van der Waals surface area contributed by atoms with E-state index in [0.717, 1.165) is 15.4 Å². The van der Waals surface area contributed by atoms with Gasteiger partial charge in [-0.3, -0.25) is 4.79 Å². The van der Waals surface area contributed by atoms with Crippen molar-refractivity contribution in [2.24, 2.45) is 5.92 Å². The Labute approximate surface area is 127 Å². The molecule has 20 heavy (non-hydrogen) atoms. The number of hydrogen-bond acceptors (Lipinski definition) is 6. The Hall–Kier alpha value is -0.820. The van der Waals surface area contributed by atoms with Crippen molar-refractivity contribution in [3.05, 3.63) is 0 Å². The molecule has 1 saturated carbocycles. The second-order valence-corrected chi connectivity index (χ2v) is 7.41. The number of aliphatic carboxylic acids is 1. The molecule has 0 radical (unpaired) electrons. The lowest BCUT2D eigenvalue weighted by atomic mass is 9.83. The van der Waals surface area contributed by atoms with E-state index in [1.165, 1.54) is 61.6 Å². The summed E-state index contributed by atoms with van der Waals surface area (Å²) in [5, 5.41) is 21.0. The van der Waals surface area contributed by atoms with Crippen molar-refractivity contribution < 1.29 is 9.90 Å². The minimum absolute atomic E-state index is 0.0385. The summed E-state index contributed by atoms with van der Waals surface area (Å²) in [7, 11) is 0. The molecule has 0 spiro atoms. The number of aromatic nitrogens is 2. The molecule has 1 aliphatic carbocycles. The number of carboxylic acids is 1. The van der Waals surface area contributed by atoms with Gasteiger partial charge >= 0.3 is 5.97 Å². The Balaban J connectivity index is 1.75. The first-order chi connectivity index (χ1) is 9.67. The van der Waals surface area contributed by atoms with Gasteiger partial charge in [-0.1, -0.05) is 42.9 Å². The van der Waals surface area contributed by atoms with Crippen LogP contribution in [0, 0.1) is 5.92 Å². The highest BCUT2D eigenvalue weighted by molar-refractivity contribution is 8.01. The van der Waals surface area contributed by atoms with E-state index in [1.54, 1.807) is 0 Å². The highest BCUT2D eigenvalue weighted by atomic mass is 32.2. The third-order valence-electron chi connectivity index (χ3n) is 3.60. The van der Waals surface area contributed by atoms with Crippen molar-refractivity contribution >= 4 is 34.2 Å². The zero-order chi connectivity index (χ0) is 14.4. The molecule has 0 atom stereocenters. The molecule has 7 heteroatoms. The lowest BCUT2D eigenvalue weighted by Gasteiger charge is -2.28. The maximum atomic E-state index is 10.5.